The van der Waals surface area contributed by atoms with E-state index in [2.05, 4.69) is 10.7 Å². The topological polar surface area (TPSA) is 97.0 Å². The van der Waals surface area contributed by atoms with Gasteiger partial charge >= 0.3 is 0 Å². The van der Waals surface area contributed by atoms with Gasteiger partial charge < -0.3 is 14.8 Å². The number of thiocarbonyl (C=S) groups is 1. The van der Waals surface area contributed by atoms with Crippen molar-refractivity contribution >= 4 is 80.7 Å². The molecule has 37 heavy (non-hydrogen) atoms. The van der Waals surface area contributed by atoms with Gasteiger partial charge in [-0.05, 0) is 72.6 Å². The molecule has 2 aromatic carbocycles. The average Bonchev–Trinajstić information content (AvgIpc) is 3.49. The van der Waals surface area contributed by atoms with E-state index in [-0.39, 0.29) is 16.8 Å². The zero-order valence-electron chi connectivity index (χ0n) is 19.4. The highest BCUT2D eigenvalue weighted by molar-refractivity contribution is 8.26. The minimum atomic E-state index is -0.434. The van der Waals surface area contributed by atoms with Crippen molar-refractivity contribution in [3.8, 4) is 11.5 Å². The summed E-state index contributed by atoms with van der Waals surface area (Å²) in [5.41, 5.74) is 3.76. The van der Waals surface area contributed by atoms with E-state index < -0.39 is 11.8 Å². The van der Waals surface area contributed by atoms with Crippen LogP contribution < -0.4 is 20.2 Å². The van der Waals surface area contributed by atoms with E-state index in [4.69, 9.17) is 33.3 Å². The maximum absolute atomic E-state index is 12.9. The third-order valence-electron chi connectivity index (χ3n) is 4.78. The van der Waals surface area contributed by atoms with Gasteiger partial charge in [0.25, 0.3) is 17.7 Å². The van der Waals surface area contributed by atoms with E-state index in [0.717, 1.165) is 16.8 Å². The number of ether oxygens (including phenoxy) is 2. The number of benzene rings is 2. The molecule has 0 saturated carbocycles. The number of hydrazine groups is 1. The number of nitrogens with one attached hydrogen (secondary N) is 2. The SMILES string of the molecule is CCOc1cc(/C=C2/SC(=S)N(NC(=O)c3cccs3)C2=O)ccc1OCC(=O)Nc1cccc(Cl)c1. The first-order chi connectivity index (χ1) is 17.8. The van der Waals surface area contributed by atoms with Crippen LogP contribution >= 0.6 is 46.9 Å². The summed E-state index contributed by atoms with van der Waals surface area (Å²) in [6.45, 7) is 1.95. The van der Waals surface area contributed by atoms with Crippen molar-refractivity contribution in [1.82, 2.24) is 10.4 Å². The molecule has 4 rings (SSSR count). The molecule has 0 bridgehead atoms. The summed E-state index contributed by atoms with van der Waals surface area (Å²) in [6.07, 6.45) is 1.65. The highest BCUT2D eigenvalue weighted by atomic mass is 35.5. The number of carbonyl (C=O) groups is 3. The summed E-state index contributed by atoms with van der Waals surface area (Å²) in [6, 6.07) is 15.3. The first-order valence-electron chi connectivity index (χ1n) is 10.9. The van der Waals surface area contributed by atoms with Crippen LogP contribution in [0.5, 0.6) is 11.5 Å². The first kappa shape index (κ1) is 26.7. The van der Waals surface area contributed by atoms with E-state index in [1.165, 1.54) is 11.3 Å². The summed E-state index contributed by atoms with van der Waals surface area (Å²) in [5, 5.41) is 6.06. The molecule has 1 fully saturated rings. The molecule has 1 saturated heterocycles. The van der Waals surface area contributed by atoms with Crippen molar-refractivity contribution in [2.24, 2.45) is 0 Å². The molecule has 1 aromatic heterocycles. The van der Waals surface area contributed by atoms with Crippen LogP contribution in [-0.2, 0) is 9.59 Å². The third kappa shape index (κ3) is 6.89. The lowest BCUT2D eigenvalue weighted by molar-refractivity contribution is -0.123. The lowest BCUT2D eigenvalue weighted by Crippen LogP contribution is -2.44. The molecule has 12 heteroatoms. The monoisotopic (exact) mass is 573 g/mol. The number of anilines is 1. The molecule has 190 valence electrons. The van der Waals surface area contributed by atoms with Crippen molar-refractivity contribution in [1.29, 1.82) is 0 Å². The summed E-state index contributed by atoms with van der Waals surface area (Å²) in [5.74, 6) is -0.422. The Morgan fingerprint density at radius 1 is 1.11 bits per heavy atom. The predicted octanol–water partition coefficient (Wildman–Crippen LogP) is 5.36. The summed E-state index contributed by atoms with van der Waals surface area (Å²) in [4.78, 5) is 38.3. The normalized spacial score (nSPS) is 14.1. The molecule has 2 heterocycles. The molecule has 1 aliphatic heterocycles. The van der Waals surface area contributed by atoms with Gasteiger partial charge in [0.05, 0.1) is 16.4 Å². The Bertz CT molecular complexity index is 1380. The maximum Gasteiger partial charge on any atom is 0.285 e. The molecule has 0 aliphatic carbocycles. The van der Waals surface area contributed by atoms with Crippen LogP contribution in [0.2, 0.25) is 5.02 Å². The fraction of sp³-hybridized carbons (Fsp3) is 0.120. The second-order valence-electron chi connectivity index (χ2n) is 7.42. The largest absolute Gasteiger partial charge is 0.490 e. The number of carbonyl (C=O) groups excluding carboxylic acids is 3. The van der Waals surface area contributed by atoms with Gasteiger partial charge in [-0.25, -0.2) is 0 Å². The fourth-order valence-electron chi connectivity index (χ4n) is 3.19. The van der Waals surface area contributed by atoms with Crippen LogP contribution in [0, 0.1) is 0 Å². The van der Waals surface area contributed by atoms with Crippen molar-refractivity contribution in [2.45, 2.75) is 6.92 Å². The van der Waals surface area contributed by atoms with E-state index >= 15 is 0 Å². The number of hydrogen-bond acceptors (Lipinski definition) is 8. The number of amides is 3. The molecule has 3 aromatic rings. The van der Waals surface area contributed by atoms with Crippen LogP contribution in [0.4, 0.5) is 5.69 Å². The zero-order valence-corrected chi connectivity index (χ0v) is 22.6. The highest BCUT2D eigenvalue weighted by Gasteiger charge is 2.34. The Morgan fingerprint density at radius 3 is 2.68 bits per heavy atom. The number of halogens is 1. The van der Waals surface area contributed by atoms with E-state index in [9.17, 15) is 14.4 Å². The van der Waals surface area contributed by atoms with Crippen LogP contribution in [0.1, 0.15) is 22.2 Å². The number of hydrogen-bond donors (Lipinski definition) is 2. The van der Waals surface area contributed by atoms with Gasteiger partial charge in [0.2, 0.25) is 0 Å². The van der Waals surface area contributed by atoms with Crippen molar-refractivity contribution in [2.75, 3.05) is 18.5 Å². The van der Waals surface area contributed by atoms with Gasteiger partial charge in [-0.2, -0.15) is 5.01 Å². The fourth-order valence-corrected chi connectivity index (χ4v) is 5.17. The number of thiophene rings is 1. The maximum atomic E-state index is 12.9. The molecule has 0 radical (unpaired) electrons. The van der Waals surface area contributed by atoms with Crippen LogP contribution in [-0.4, -0.2) is 40.3 Å². The second kappa shape index (κ2) is 12.2. The van der Waals surface area contributed by atoms with Gasteiger partial charge in [0.1, 0.15) is 0 Å². The molecule has 8 nitrogen and oxygen atoms in total. The molecule has 0 atom stereocenters. The lowest BCUT2D eigenvalue weighted by atomic mass is 10.2. The number of rotatable bonds is 9. The van der Waals surface area contributed by atoms with E-state index in [1.807, 2.05) is 6.92 Å². The molecule has 3 amide bonds. The Labute approximate surface area is 231 Å². The van der Waals surface area contributed by atoms with E-state index in [0.29, 0.717) is 44.2 Å². The van der Waals surface area contributed by atoms with Crippen molar-refractivity contribution in [3.63, 3.8) is 0 Å². The molecule has 0 unspecified atom stereocenters. The average molecular weight is 574 g/mol. The number of thioether (sulfide) groups is 1. The lowest BCUT2D eigenvalue weighted by Gasteiger charge is -2.14. The van der Waals surface area contributed by atoms with Gasteiger partial charge in [-0.1, -0.05) is 41.6 Å². The second-order valence-corrected chi connectivity index (χ2v) is 10.5. The van der Waals surface area contributed by atoms with Gasteiger partial charge in [-0.3, -0.25) is 19.8 Å². The van der Waals surface area contributed by atoms with Crippen LogP contribution in [0.3, 0.4) is 0 Å². The quantitative estimate of drug-likeness (QED) is 0.263. The molecular weight excluding hydrogens is 554 g/mol. The first-order valence-corrected chi connectivity index (χ1v) is 13.4. The molecule has 0 spiro atoms. The standard InChI is InChI=1S/C25H20ClN3O5S3/c1-2-33-19-11-15(8-9-18(19)34-14-22(30)27-17-6-3-5-16(26)13-17)12-21-24(32)29(25(35)37-21)28-23(31)20-7-4-10-36-20/h3-13H,2,14H2,1H3,(H,27,30)(H,28,31)/b21-12+. The summed E-state index contributed by atoms with van der Waals surface area (Å²) >= 11 is 13.6. The molecule has 2 N–H and O–H groups in total. The van der Waals surface area contributed by atoms with Crippen LogP contribution in [0.25, 0.3) is 6.08 Å². The predicted molar refractivity (Wildman–Crippen MR) is 150 cm³/mol. The number of nitrogens with zero attached hydrogens (tertiary/aromatic N) is 1. The smallest absolute Gasteiger partial charge is 0.285 e. The molecular formula is C25H20ClN3O5S3. The summed E-state index contributed by atoms with van der Waals surface area (Å²) in [7, 11) is 0. The summed E-state index contributed by atoms with van der Waals surface area (Å²) < 4.78 is 11.6. The zero-order chi connectivity index (χ0) is 26.4. The van der Waals surface area contributed by atoms with E-state index in [1.54, 1.807) is 66.1 Å². The Kier molecular flexibility index (Phi) is 8.82. The minimum absolute atomic E-state index is 0.219. The third-order valence-corrected chi connectivity index (χ3v) is 7.19. The van der Waals surface area contributed by atoms with Gasteiger partial charge in [0, 0.05) is 10.7 Å². The van der Waals surface area contributed by atoms with Crippen molar-refractivity contribution in [3.05, 3.63) is 80.3 Å². The van der Waals surface area contributed by atoms with Crippen LogP contribution in [0.15, 0.2) is 64.9 Å². The van der Waals surface area contributed by atoms with Gasteiger partial charge in [-0.15, -0.1) is 11.3 Å². The Morgan fingerprint density at radius 2 is 1.95 bits per heavy atom. The van der Waals surface area contributed by atoms with Crippen molar-refractivity contribution < 1.29 is 23.9 Å². The highest BCUT2D eigenvalue weighted by Crippen LogP contribution is 2.34. The molecule has 1 aliphatic rings. The Hall–Kier alpha value is -3.38. The van der Waals surface area contributed by atoms with Gasteiger partial charge in [0.15, 0.2) is 22.4 Å². The minimum Gasteiger partial charge on any atom is -0.490 e. The Balaban J connectivity index is 1.43.